The maximum atomic E-state index is 6.01. The van der Waals surface area contributed by atoms with Crippen LogP contribution in [0.15, 0.2) is 47.6 Å². The average molecular weight is 314 g/mol. The Labute approximate surface area is 126 Å². The van der Waals surface area contributed by atoms with Gasteiger partial charge in [-0.3, -0.25) is 0 Å². The van der Waals surface area contributed by atoms with E-state index in [1.807, 2.05) is 42.1 Å². The lowest BCUT2D eigenvalue weighted by Crippen LogP contribution is -2.23. The molecular formula is C14H16ClNOS2. The zero-order valence-corrected chi connectivity index (χ0v) is 12.9. The Bertz CT molecular complexity index is 495. The first kappa shape index (κ1) is 14.7. The van der Waals surface area contributed by atoms with E-state index in [9.17, 15) is 0 Å². The van der Waals surface area contributed by atoms with E-state index in [0.29, 0.717) is 0 Å². The van der Waals surface area contributed by atoms with Gasteiger partial charge in [0.2, 0.25) is 0 Å². The predicted octanol–water partition coefficient (Wildman–Crippen LogP) is 4.59. The summed E-state index contributed by atoms with van der Waals surface area (Å²) in [5.74, 6) is 2.95. The molecule has 1 unspecified atom stereocenters. The number of rotatable bonds is 8. The fourth-order valence-corrected chi connectivity index (χ4v) is 3.46. The summed E-state index contributed by atoms with van der Waals surface area (Å²) in [5, 5.41) is 3.51. The second-order valence-electron chi connectivity index (χ2n) is 3.91. The molecule has 2 nitrogen and oxygen atoms in total. The van der Waals surface area contributed by atoms with Crippen molar-refractivity contribution in [3.05, 3.63) is 58.2 Å². The van der Waals surface area contributed by atoms with Crippen LogP contribution in [0.1, 0.15) is 16.7 Å². The van der Waals surface area contributed by atoms with Crippen molar-refractivity contribution in [1.82, 2.24) is 5.32 Å². The van der Waals surface area contributed by atoms with E-state index in [4.69, 9.17) is 16.0 Å². The molecule has 1 atom stereocenters. The Morgan fingerprint density at radius 1 is 1.47 bits per heavy atom. The average Bonchev–Trinajstić information content (AvgIpc) is 3.05. The van der Waals surface area contributed by atoms with Gasteiger partial charge in [0.15, 0.2) is 0 Å². The second-order valence-corrected chi connectivity index (χ2v) is 6.80. The maximum absolute atomic E-state index is 6.01. The highest BCUT2D eigenvalue weighted by molar-refractivity contribution is 7.99. The summed E-state index contributed by atoms with van der Waals surface area (Å²) in [4.78, 5) is 1.17. The van der Waals surface area contributed by atoms with E-state index >= 15 is 0 Å². The van der Waals surface area contributed by atoms with Crippen LogP contribution in [0, 0.1) is 0 Å². The molecule has 0 spiro atoms. The van der Waals surface area contributed by atoms with E-state index in [-0.39, 0.29) is 6.04 Å². The van der Waals surface area contributed by atoms with E-state index in [2.05, 4.69) is 11.9 Å². The Balaban J connectivity index is 1.97. The van der Waals surface area contributed by atoms with Crippen molar-refractivity contribution in [3.8, 4) is 0 Å². The molecule has 1 N–H and O–H groups in total. The van der Waals surface area contributed by atoms with Gasteiger partial charge in [0.1, 0.15) is 11.8 Å². The number of thioether (sulfide) groups is 1. The zero-order valence-electron chi connectivity index (χ0n) is 10.5. The van der Waals surface area contributed by atoms with Gasteiger partial charge in [-0.2, -0.15) is 11.8 Å². The third-order valence-corrected chi connectivity index (χ3v) is 4.80. The Kier molecular flexibility index (Phi) is 6.04. The minimum absolute atomic E-state index is 0.0804. The molecule has 0 radical (unpaired) electrons. The topological polar surface area (TPSA) is 25.2 Å². The summed E-state index contributed by atoms with van der Waals surface area (Å²) in [7, 11) is 0. The number of thiophene rings is 1. The molecule has 19 heavy (non-hydrogen) atoms. The molecule has 0 aliphatic heterocycles. The van der Waals surface area contributed by atoms with Crippen LogP contribution in [0.5, 0.6) is 0 Å². The fourth-order valence-electron chi connectivity index (χ4n) is 1.72. The first-order valence-corrected chi connectivity index (χ1v) is 8.37. The van der Waals surface area contributed by atoms with Crippen LogP contribution in [-0.2, 0) is 0 Å². The van der Waals surface area contributed by atoms with Crippen LogP contribution < -0.4 is 5.32 Å². The molecule has 0 aliphatic carbocycles. The highest BCUT2D eigenvalue weighted by Gasteiger charge is 2.17. The van der Waals surface area contributed by atoms with Crippen LogP contribution in [0.2, 0.25) is 4.34 Å². The zero-order chi connectivity index (χ0) is 13.5. The van der Waals surface area contributed by atoms with E-state index in [1.54, 1.807) is 17.6 Å². The van der Waals surface area contributed by atoms with Crippen molar-refractivity contribution in [1.29, 1.82) is 0 Å². The summed E-state index contributed by atoms with van der Waals surface area (Å²) in [6.07, 6.45) is 3.62. The van der Waals surface area contributed by atoms with Crippen LogP contribution in [0.25, 0.3) is 0 Å². The van der Waals surface area contributed by atoms with Gasteiger partial charge in [0.05, 0.1) is 10.6 Å². The van der Waals surface area contributed by atoms with E-state index in [0.717, 1.165) is 28.1 Å². The largest absolute Gasteiger partial charge is 0.467 e. The Morgan fingerprint density at radius 2 is 2.37 bits per heavy atom. The number of hydrogen-bond donors (Lipinski definition) is 1. The molecule has 102 valence electrons. The number of hydrogen-bond acceptors (Lipinski definition) is 4. The SMILES string of the molecule is C=CCSCCNC(c1ccco1)c1ccc(Cl)s1. The highest BCUT2D eigenvalue weighted by atomic mass is 35.5. The van der Waals surface area contributed by atoms with Crippen LogP contribution in [0.4, 0.5) is 0 Å². The first-order chi connectivity index (χ1) is 9.31. The molecule has 0 aliphatic rings. The molecule has 2 aromatic heterocycles. The lowest BCUT2D eigenvalue weighted by molar-refractivity contribution is 0.456. The van der Waals surface area contributed by atoms with Crippen LogP contribution in [-0.4, -0.2) is 18.1 Å². The minimum atomic E-state index is 0.0804. The first-order valence-electron chi connectivity index (χ1n) is 6.02. The molecule has 2 aromatic rings. The molecule has 2 heterocycles. The molecule has 0 saturated heterocycles. The molecule has 0 bridgehead atoms. The van der Waals surface area contributed by atoms with Crippen molar-refractivity contribution in [2.75, 3.05) is 18.1 Å². The monoisotopic (exact) mass is 313 g/mol. The van der Waals surface area contributed by atoms with Crippen LogP contribution in [0.3, 0.4) is 0 Å². The fraction of sp³-hybridized carbons (Fsp3) is 0.286. The second kappa shape index (κ2) is 7.80. The summed E-state index contributed by atoms with van der Waals surface area (Å²) < 4.78 is 6.32. The third-order valence-electron chi connectivity index (χ3n) is 2.54. The summed E-state index contributed by atoms with van der Waals surface area (Å²) in [5.41, 5.74) is 0. The quantitative estimate of drug-likeness (QED) is 0.570. The molecule has 0 aromatic carbocycles. The van der Waals surface area contributed by atoms with Gasteiger partial charge < -0.3 is 9.73 Å². The molecule has 0 fully saturated rings. The molecule has 0 saturated carbocycles. The van der Waals surface area contributed by atoms with Crippen molar-refractivity contribution in [2.45, 2.75) is 6.04 Å². The van der Waals surface area contributed by atoms with Gasteiger partial charge in [-0.1, -0.05) is 17.7 Å². The molecule has 5 heteroatoms. The van der Waals surface area contributed by atoms with Gasteiger partial charge in [-0.05, 0) is 24.3 Å². The van der Waals surface area contributed by atoms with Crippen molar-refractivity contribution in [3.63, 3.8) is 0 Å². The summed E-state index contributed by atoms with van der Waals surface area (Å²) in [6.45, 7) is 4.63. The van der Waals surface area contributed by atoms with Gasteiger partial charge in [-0.25, -0.2) is 0 Å². The van der Waals surface area contributed by atoms with Crippen molar-refractivity contribution >= 4 is 34.7 Å². The maximum Gasteiger partial charge on any atom is 0.126 e. The number of nitrogens with one attached hydrogen (secondary N) is 1. The van der Waals surface area contributed by atoms with Crippen LogP contribution >= 0.6 is 34.7 Å². The standard InChI is InChI=1S/C14H16ClNOS2/c1-2-9-18-10-7-16-14(11-4-3-8-17-11)12-5-6-13(15)19-12/h2-6,8,14,16H,1,7,9-10H2. The Hall–Kier alpha value is -0.680. The highest BCUT2D eigenvalue weighted by Crippen LogP contribution is 2.31. The summed E-state index contributed by atoms with van der Waals surface area (Å²) in [6, 6.07) is 7.95. The minimum Gasteiger partial charge on any atom is -0.467 e. The summed E-state index contributed by atoms with van der Waals surface area (Å²) >= 11 is 9.45. The molecule has 0 amide bonds. The van der Waals surface area contributed by atoms with Crippen molar-refractivity contribution in [2.24, 2.45) is 0 Å². The van der Waals surface area contributed by atoms with Crippen molar-refractivity contribution < 1.29 is 4.42 Å². The molecule has 2 rings (SSSR count). The normalized spacial score (nSPS) is 12.5. The molecular weight excluding hydrogens is 298 g/mol. The van der Waals surface area contributed by atoms with Gasteiger partial charge >= 0.3 is 0 Å². The number of furan rings is 1. The predicted molar refractivity (Wildman–Crippen MR) is 85.4 cm³/mol. The Morgan fingerprint density at radius 3 is 3.00 bits per heavy atom. The van der Waals surface area contributed by atoms with Gasteiger partial charge in [0, 0.05) is 22.9 Å². The third kappa shape index (κ3) is 4.42. The lowest BCUT2D eigenvalue weighted by atomic mass is 10.2. The smallest absolute Gasteiger partial charge is 0.126 e. The van der Waals surface area contributed by atoms with Gasteiger partial charge in [0.25, 0.3) is 0 Å². The van der Waals surface area contributed by atoms with Gasteiger partial charge in [-0.15, -0.1) is 17.9 Å². The number of halogens is 1. The van der Waals surface area contributed by atoms with E-state index in [1.165, 1.54) is 4.88 Å². The van der Waals surface area contributed by atoms with E-state index < -0.39 is 0 Å². The lowest BCUT2D eigenvalue weighted by Gasteiger charge is -2.14.